The Kier molecular flexibility index (Phi) is 5.43. The second-order valence-electron chi connectivity index (χ2n) is 8.97. The molecule has 3 N–H and O–H groups in total. The lowest BCUT2D eigenvalue weighted by molar-refractivity contribution is -0.172. The first-order valence-corrected chi connectivity index (χ1v) is 11.3. The van der Waals surface area contributed by atoms with Crippen LogP contribution in [0.15, 0.2) is 29.1 Å². The van der Waals surface area contributed by atoms with Crippen molar-refractivity contribution in [3.63, 3.8) is 0 Å². The Bertz CT molecular complexity index is 1380. The number of cyclic esters (lactones) is 1. The van der Waals surface area contributed by atoms with E-state index in [9.17, 15) is 19.8 Å². The number of esters is 1. The number of fused-ring (bicyclic) bond motifs is 5. The minimum Gasteiger partial charge on any atom is -0.508 e. The molecule has 2 aliphatic rings. The van der Waals surface area contributed by atoms with Gasteiger partial charge in [-0.05, 0) is 37.6 Å². The number of aromatic nitrogens is 2. The number of nitrogens with one attached hydrogen (secondary N) is 1. The molecule has 1 aromatic carbocycles. The zero-order valence-electron chi connectivity index (χ0n) is 19.3. The lowest BCUT2D eigenvalue weighted by Crippen LogP contribution is -2.44. The highest BCUT2D eigenvalue weighted by Crippen LogP contribution is 2.39. The molecule has 0 saturated heterocycles. The molecule has 0 radical (unpaired) electrons. The van der Waals surface area contributed by atoms with Gasteiger partial charge in [-0.2, -0.15) is 0 Å². The van der Waals surface area contributed by atoms with Crippen LogP contribution in [0.3, 0.4) is 0 Å². The van der Waals surface area contributed by atoms with Crippen LogP contribution in [0.1, 0.15) is 42.5 Å². The fourth-order valence-electron chi connectivity index (χ4n) is 4.87. The zero-order chi connectivity index (χ0) is 24.2. The largest absolute Gasteiger partial charge is 0.508 e. The van der Waals surface area contributed by atoms with Crippen LogP contribution in [0.25, 0.3) is 22.3 Å². The molecule has 3 aromatic rings. The molecule has 34 heavy (non-hydrogen) atoms. The van der Waals surface area contributed by atoms with E-state index < -0.39 is 11.6 Å². The summed E-state index contributed by atoms with van der Waals surface area (Å²) in [6.45, 7) is 4.79. The van der Waals surface area contributed by atoms with Gasteiger partial charge in [0, 0.05) is 41.8 Å². The summed E-state index contributed by atoms with van der Waals surface area (Å²) < 4.78 is 11.9. The van der Waals surface area contributed by atoms with Crippen LogP contribution >= 0.6 is 0 Å². The number of phenols is 1. The van der Waals surface area contributed by atoms with Gasteiger partial charge in [-0.3, -0.25) is 4.79 Å². The molecule has 2 atom stereocenters. The van der Waals surface area contributed by atoms with E-state index in [2.05, 4.69) is 5.32 Å². The van der Waals surface area contributed by atoms with E-state index in [1.165, 1.54) is 0 Å². The normalized spacial score (nSPS) is 19.5. The van der Waals surface area contributed by atoms with Crippen LogP contribution in [-0.2, 0) is 39.6 Å². The topological polar surface area (TPSA) is 123 Å². The average Bonchev–Trinajstić information content (AvgIpc) is 3.18. The standard InChI is InChI=1S/C25H27N3O6/c1-4-25(32)18-8-20-22-14(10-28(20)23(30)17(18)12-34-24(25)31)7-15-16(9-26-13(2)11-33-3)21(29)6-5-19(15)27-22/h5-8,13,26,29,32H,4,9-12H2,1-3H3. The zero-order valence-corrected chi connectivity index (χ0v) is 19.3. The van der Waals surface area contributed by atoms with Crippen molar-refractivity contribution in [3.8, 4) is 17.1 Å². The van der Waals surface area contributed by atoms with Crippen molar-refractivity contribution in [1.82, 2.24) is 14.9 Å². The van der Waals surface area contributed by atoms with Crippen molar-refractivity contribution in [2.75, 3.05) is 13.7 Å². The predicted octanol–water partition coefficient (Wildman–Crippen LogP) is 1.91. The van der Waals surface area contributed by atoms with Gasteiger partial charge in [-0.15, -0.1) is 0 Å². The second-order valence-corrected chi connectivity index (χ2v) is 8.97. The number of phenolic OH excluding ortho intramolecular Hbond substituents is 1. The maximum Gasteiger partial charge on any atom is 0.343 e. The smallest absolute Gasteiger partial charge is 0.343 e. The van der Waals surface area contributed by atoms with E-state index in [1.54, 1.807) is 36.8 Å². The number of benzene rings is 1. The quantitative estimate of drug-likeness (QED) is 0.369. The van der Waals surface area contributed by atoms with Gasteiger partial charge >= 0.3 is 5.97 Å². The van der Waals surface area contributed by atoms with E-state index in [4.69, 9.17) is 14.5 Å². The number of carbonyl (C=O) groups excluding carboxylic acids is 1. The van der Waals surface area contributed by atoms with Crippen molar-refractivity contribution in [2.24, 2.45) is 0 Å². The van der Waals surface area contributed by atoms with Crippen molar-refractivity contribution >= 4 is 16.9 Å². The number of carbonyl (C=O) groups is 1. The summed E-state index contributed by atoms with van der Waals surface area (Å²) in [5.41, 5.74) is 1.84. The van der Waals surface area contributed by atoms with Crippen molar-refractivity contribution in [2.45, 2.75) is 51.6 Å². The van der Waals surface area contributed by atoms with E-state index in [0.717, 1.165) is 16.5 Å². The van der Waals surface area contributed by atoms with E-state index in [-0.39, 0.29) is 30.4 Å². The van der Waals surface area contributed by atoms with Crippen LogP contribution in [-0.4, -0.2) is 45.5 Å². The lowest BCUT2D eigenvalue weighted by Gasteiger charge is -2.31. The monoisotopic (exact) mass is 465 g/mol. The molecule has 0 aliphatic carbocycles. The third kappa shape index (κ3) is 3.31. The highest BCUT2D eigenvalue weighted by Gasteiger charge is 2.45. The van der Waals surface area contributed by atoms with Gasteiger partial charge < -0.3 is 29.6 Å². The molecule has 0 amide bonds. The SMILES string of the molecule is CCC1(O)C(=O)OCc2c1cc1n(c2=O)Cc2cc3c(CNC(C)COC)c(O)ccc3nc2-1. The van der Waals surface area contributed by atoms with Crippen molar-refractivity contribution < 1.29 is 24.5 Å². The Balaban J connectivity index is 1.63. The van der Waals surface area contributed by atoms with Crippen molar-refractivity contribution in [3.05, 3.63) is 56.9 Å². The molecule has 2 unspecified atom stereocenters. The maximum absolute atomic E-state index is 13.3. The third-order valence-corrected chi connectivity index (χ3v) is 6.82. The average molecular weight is 466 g/mol. The first-order valence-electron chi connectivity index (χ1n) is 11.3. The highest BCUT2D eigenvalue weighted by molar-refractivity contribution is 5.89. The molecular weight excluding hydrogens is 438 g/mol. The van der Waals surface area contributed by atoms with Crippen LogP contribution < -0.4 is 10.9 Å². The first kappa shape index (κ1) is 22.5. The number of rotatable bonds is 6. The molecule has 0 bridgehead atoms. The number of pyridine rings is 2. The Morgan fingerprint density at radius 1 is 1.32 bits per heavy atom. The van der Waals surface area contributed by atoms with Crippen LogP contribution in [0.2, 0.25) is 0 Å². The molecule has 0 saturated carbocycles. The van der Waals surface area contributed by atoms with Crippen molar-refractivity contribution in [1.29, 1.82) is 0 Å². The third-order valence-electron chi connectivity index (χ3n) is 6.82. The number of methoxy groups -OCH3 is 1. The summed E-state index contributed by atoms with van der Waals surface area (Å²) >= 11 is 0. The predicted molar refractivity (Wildman–Crippen MR) is 124 cm³/mol. The van der Waals surface area contributed by atoms with E-state index in [1.807, 2.05) is 13.0 Å². The molecule has 5 rings (SSSR count). The second kappa shape index (κ2) is 8.19. The summed E-state index contributed by atoms with van der Waals surface area (Å²) in [6, 6.07) is 7.10. The molecule has 9 heteroatoms. The molecule has 0 fully saturated rings. The number of hydrogen-bond acceptors (Lipinski definition) is 8. The summed E-state index contributed by atoms with van der Waals surface area (Å²) in [5.74, 6) is -0.579. The van der Waals surface area contributed by atoms with Gasteiger partial charge in [0.2, 0.25) is 0 Å². The van der Waals surface area contributed by atoms with Gasteiger partial charge in [-0.25, -0.2) is 9.78 Å². The number of nitrogens with zero attached hydrogens (tertiary/aromatic N) is 2. The van der Waals surface area contributed by atoms with Crippen LogP contribution in [0, 0.1) is 0 Å². The fraction of sp³-hybridized carbons (Fsp3) is 0.400. The number of aromatic hydroxyl groups is 1. The summed E-state index contributed by atoms with van der Waals surface area (Å²) in [6.07, 6.45) is 0.0941. The lowest BCUT2D eigenvalue weighted by atomic mass is 9.86. The van der Waals surface area contributed by atoms with Gasteiger partial charge in [-0.1, -0.05) is 6.92 Å². The van der Waals surface area contributed by atoms with E-state index >= 15 is 0 Å². The molecule has 2 aliphatic heterocycles. The molecule has 4 heterocycles. The molecule has 9 nitrogen and oxygen atoms in total. The highest BCUT2D eigenvalue weighted by atomic mass is 16.6. The molecule has 2 aromatic heterocycles. The number of aliphatic hydroxyl groups is 1. The van der Waals surface area contributed by atoms with Gasteiger partial charge in [0.05, 0.1) is 35.6 Å². The summed E-state index contributed by atoms with van der Waals surface area (Å²) in [5, 5.41) is 25.7. The Morgan fingerprint density at radius 2 is 2.12 bits per heavy atom. The minimum absolute atomic E-state index is 0.0941. The van der Waals surface area contributed by atoms with Crippen LogP contribution in [0.4, 0.5) is 0 Å². The first-order chi connectivity index (χ1) is 16.3. The summed E-state index contributed by atoms with van der Waals surface area (Å²) in [7, 11) is 1.64. The molecule has 178 valence electrons. The minimum atomic E-state index is -1.86. The summed E-state index contributed by atoms with van der Waals surface area (Å²) in [4.78, 5) is 30.5. The molecule has 0 spiro atoms. The van der Waals surface area contributed by atoms with E-state index in [0.29, 0.717) is 47.7 Å². The Morgan fingerprint density at radius 3 is 2.85 bits per heavy atom. The maximum atomic E-state index is 13.3. The van der Waals surface area contributed by atoms with Gasteiger partial charge in [0.1, 0.15) is 12.4 Å². The number of ether oxygens (including phenoxy) is 2. The Labute approximate surface area is 196 Å². The van der Waals surface area contributed by atoms with Gasteiger partial charge in [0.25, 0.3) is 5.56 Å². The fourth-order valence-corrected chi connectivity index (χ4v) is 4.87. The molecular formula is C25H27N3O6. The van der Waals surface area contributed by atoms with Gasteiger partial charge in [0.15, 0.2) is 5.60 Å². The van der Waals surface area contributed by atoms with Crippen LogP contribution in [0.5, 0.6) is 5.75 Å². The Hall–Kier alpha value is -3.27. The number of hydrogen-bond donors (Lipinski definition) is 3.